The Labute approximate surface area is 61.3 Å². The monoisotopic (exact) mass is 135 g/mol. The van der Waals surface area contributed by atoms with Crippen LogP contribution in [-0.2, 0) is 0 Å². The van der Waals surface area contributed by atoms with Crippen LogP contribution >= 0.6 is 0 Å². The molecule has 0 heterocycles. The molecule has 0 aliphatic heterocycles. The number of aryl methyl sites for hydroxylation is 1. The van der Waals surface area contributed by atoms with Gasteiger partial charge in [0.15, 0.2) is 0 Å². The van der Waals surface area contributed by atoms with Crippen LogP contribution in [0.1, 0.15) is 16.7 Å². The third kappa shape index (κ3) is 0.991. The number of rotatable bonds is 0. The highest BCUT2D eigenvalue weighted by Gasteiger charge is 1.99. The molecule has 0 aliphatic carbocycles. The molecule has 53 valence electrons. The second kappa shape index (κ2) is 2.33. The number of hydrogen-bond donors (Lipinski definition) is 1. The topological polar surface area (TPSA) is 20.2 Å². The standard InChI is InChI=1S/C9H11O/c1-6-4-5-9(10)8(3)7(6)2/h4-5,10H,2H2,1,3H3. The van der Waals surface area contributed by atoms with Crippen LogP contribution in [0.15, 0.2) is 12.1 Å². The van der Waals surface area contributed by atoms with Gasteiger partial charge in [-0.25, -0.2) is 0 Å². The molecule has 1 N–H and O–H groups in total. The summed E-state index contributed by atoms with van der Waals surface area (Å²) in [6, 6.07) is 3.56. The summed E-state index contributed by atoms with van der Waals surface area (Å²) >= 11 is 0. The van der Waals surface area contributed by atoms with E-state index >= 15 is 0 Å². The van der Waals surface area contributed by atoms with Gasteiger partial charge in [0.1, 0.15) is 5.75 Å². The van der Waals surface area contributed by atoms with Crippen LogP contribution < -0.4 is 0 Å². The van der Waals surface area contributed by atoms with Gasteiger partial charge in [0, 0.05) is 0 Å². The molecule has 0 aliphatic rings. The van der Waals surface area contributed by atoms with E-state index in [0.717, 1.165) is 16.7 Å². The van der Waals surface area contributed by atoms with E-state index in [1.807, 2.05) is 19.9 Å². The van der Waals surface area contributed by atoms with Crippen molar-refractivity contribution in [3.8, 4) is 5.75 Å². The molecular formula is C9H11O. The Morgan fingerprint density at radius 2 is 1.90 bits per heavy atom. The normalized spacial score (nSPS) is 9.90. The average Bonchev–Trinajstić information content (AvgIpc) is 1.93. The third-order valence-electron chi connectivity index (χ3n) is 1.80. The van der Waals surface area contributed by atoms with Crippen molar-refractivity contribution in [3.05, 3.63) is 35.7 Å². The van der Waals surface area contributed by atoms with Gasteiger partial charge >= 0.3 is 0 Å². The summed E-state index contributed by atoms with van der Waals surface area (Å²) in [6.07, 6.45) is 0. The molecule has 0 atom stereocenters. The summed E-state index contributed by atoms with van der Waals surface area (Å²) in [6.45, 7) is 7.67. The van der Waals surface area contributed by atoms with E-state index in [2.05, 4.69) is 6.92 Å². The molecule has 0 amide bonds. The van der Waals surface area contributed by atoms with Gasteiger partial charge in [-0.05, 0) is 43.5 Å². The minimum Gasteiger partial charge on any atom is -0.508 e. The van der Waals surface area contributed by atoms with Gasteiger partial charge < -0.3 is 5.11 Å². The first kappa shape index (κ1) is 7.13. The van der Waals surface area contributed by atoms with E-state index in [1.54, 1.807) is 6.07 Å². The second-order valence-corrected chi connectivity index (χ2v) is 2.51. The van der Waals surface area contributed by atoms with Crippen LogP contribution in [0.25, 0.3) is 0 Å². The Balaban J connectivity index is 3.34. The highest BCUT2D eigenvalue weighted by molar-refractivity contribution is 5.44. The van der Waals surface area contributed by atoms with Gasteiger partial charge in [-0.3, -0.25) is 0 Å². The summed E-state index contributed by atoms with van der Waals surface area (Å²) in [4.78, 5) is 0. The molecule has 1 radical (unpaired) electrons. The first-order valence-corrected chi connectivity index (χ1v) is 3.24. The summed E-state index contributed by atoms with van der Waals surface area (Å²) in [7, 11) is 0. The van der Waals surface area contributed by atoms with E-state index in [4.69, 9.17) is 0 Å². The van der Waals surface area contributed by atoms with E-state index in [9.17, 15) is 5.11 Å². The van der Waals surface area contributed by atoms with Gasteiger partial charge in [-0.15, -0.1) is 0 Å². The van der Waals surface area contributed by atoms with Crippen molar-refractivity contribution in [2.24, 2.45) is 0 Å². The SMILES string of the molecule is [CH2]c1c(C)ccc(O)c1C. The van der Waals surface area contributed by atoms with Gasteiger partial charge in [-0.1, -0.05) is 6.07 Å². The van der Waals surface area contributed by atoms with E-state index in [-0.39, 0.29) is 0 Å². The fraction of sp³-hybridized carbons (Fsp3) is 0.222. The maximum absolute atomic E-state index is 9.18. The first-order chi connectivity index (χ1) is 4.63. The first-order valence-electron chi connectivity index (χ1n) is 3.24. The Kier molecular flexibility index (Phi) is 1.66. The molecule has 10 heavy (non-hydrogen) atoms. The van der Waals surface area contributed by atoms with Gasteiger partial charge in [-0.2, -0.15) is 0 Å². The lowest BCUT2D eigenvalue weighted by Gasteiger charge is -2.04. The van der Waals surface area contributed by atoms with Crippen LogP contribution in [0, 0.1) is 20.8 Å². The zero-order valence-electron chi connectivity index (χ0n) is 6.31. The summed E-state index contributed by atoms with van der Waals surface area (Å²) in [5.74, 6) is 0.329. The molecule has 0 unspecified atom stereocenters. The van der Waals surface area contributed by atoms with E-state index in [0.29, 0.717) is 5.75 Å². The van der Waals surface area contributed by atoms with Crippen LogP contribution in [0.3, 0.4) is 0 Å². The smallest absolute Gasteiger partial charge is 0.118 e. The van der Waals surface area contributed by atoms with Crippen LogP contribution in [0.4, 0.5) is 0 Å². The molecule has 1 aromatic rings. The number of hydrogen-bond acceptors (Lipinski definition) is 1. The molecule has 1 rings (SSSR count). The van der Waals surface area contributed by atoms with Crippen molar-refractivity contribution < 1.29 is 5.11 Å². The third-order valence-corrected chi connectivity index (χ3v) is 1.80. The lowest BCUT2D eigenvalue weighted by molar-refractivity contribution is 0.470. The summed E-state index contributed by atoms with van der Waals surface area (Å²) in [5, 5.41) is 9.18. The largest absolute Gasteiger partial charge is 0.508 e. The van der Waals surface area contributed by atoms with Crippen molar-refractivity contribution in [3.63, 3.8) is 0 Å². The molecule has 1 aromatic carbocycles. The molecule has 0 saturated carbocycles. The molecule has 0 spiro atoms. The van der Waals surface area contributed by atoms with E-state index < -0.39 is 0 Å². The highest BCUT2D eigenvalue weighted by Crippen LogP contribution is 2.21. The van der Waals surface area contributed by atoms with Crippen molar-refractivity contribution in [1.29, 1.82) is 0 Å². The minimum absolute atomic E-state index is 0.329. The predicted molar refractivity (Wildman–Crippen MR) is 42.0 cm³/mol. The molecule has 0 bridgehead atoms. The zero-order chi connectivity index (χ0) is 7.72. The summed E-state index contributed by atoms with van der Waals surface area (Å²) in [5.41, 5.74) is 2.93. The van der Waals surface area contributed by atoms with Crippen molar-refractivity contribution in [2.45, 2.75) is 13.8 Å². The highest BCUT2D eigenvalue weighted by atomic mass is 16.3. The number of benzene rings is 1. The Bertz CT molecular complexity index is 224. The van der Waals surface area contributed by atoms with Gasteiger partial charge in [0.25, 0.3) is 0 Å². The maximum Gasteiger partial charge on any atom is 0.118 e. The molecular weight excluding hydrogens is 124 g/mol. The minimum atomic E-state index is 0.329. The van der Waals surface area contributed by atoms with E-state index in [1.165, 1.54) is 0 Å². The fourth-order valence-electron chi connectivity index (χ4n) is 0.880. The summed E-state index contributed by atoms with van der Waals surface area (Å²) < 4.78 is 0. The molecule has 1 heteroatoms. The Morgan fingerprint density at radius 1 is 1.30 bits per heavy atom. The lowest BCUT2D eigenvalue weighted by Crippen LogP contribution is -1.85. The van der Waals surface area contributed by atoms with Crippen molar-refractivity contribution in [2.75, 3.05) is 0 Å². The molecule has 0 aromatic heterocycles. The van der Waals surface area contributed by atoms with Crippen LogP contribution in [0.2, 0.25) is 0 Å². The second-order valence-electron chi connectivity index (χ2n) is 2.51. The Hall–Kier alpha value is -0.980. The molecule has 0 fully saturated rings. The van der Waals surface area contributed by atoms with Gasteiger partial charge in [0.2, 0.25) is 0 Å². The Morgan fingerprint density at radius 3 is 2.40 bits per heavy atom. The quantitative estimate of drug-likeness (QED) is 0.578. The molecule has 0 saturated heterocycles. The fourth-order valence-corrected chi connectivity index (χ4v) is 0.880. The zero-order valence-corrected chi connectivity index (χ0v) is 6.31. The van der Waals surface area contributed by atoms with Crippen LogP contribution in [-0.4, -0.2) is 5.11 Å². The number of phenolic OH excluding ortho intramolecular Hbond substituents is 1. The number of aromatic hydroxyl groups is 1. The van der Waals surface area contributed by atoms with Crippen LogP contribution in [0.5, 0.6) is 5.75 Å². The average molecular weight is 135 g/mol. The predicted octanol–water partition coefficient (Wildman–Crippen LogP) is 2.19. The van der Waals surface area contributed by atoms with Gasteiger partial charge in [0.05, 0.1) is 0 Å². The maximum atomic E-state index is 9.18. The van der Waals surface area contributed by atoms with Crippen molar-refractivity contribution in [1.82, 2.24) is 0 Å². The molecule has 1 nitrogen and oxygen atoms in total. The van der Waals surface area contributed by atoms with Crippen molar-refractivity contribution >= 4 is 0 Å². The number of phenols is 1. The lowest BCUT2D eigenvalue weighted by atomic mass is 10.0.